The van der Waals surface area contributed by atoms with E-state index in [2.05, 4.69) is 0 Å². The van der Waals surface area contributed by atoms with Crippen LogP contribution in [0.4, 0.5) is 4.79 Å². The largest absolute Gasteiger partial charge is 0.617 e. The molecule has 0 saturated carbocycles. The summed E-state index contributed by atoms with van der Waals surface area (Å²) in [6, 6.07) is 11.2. The van der Waals surface area contributed by atoms with Crippen LogP contribution in [-0.4, -0.2) is 61.2 Å². The lowest BCUT2D eigenvalue weighted by Gasteiger charge is -2.33. The van der Waals surface area contributed by atoms with Gasteiger partial charge in [-0.3, -0.25) is 4.79 Å². The minimum Gasteiger partial charge on any atom is -0.617 e. The van der Waals surface area contributed by atoms with Crippen LogP contribution in [0, 0.1) is 10.4 Å². The summed E-state index contributed by atoms with van der Waals surface area (Å²) >= 11 is 0. The Morgan fingerprint density at radius 1 is 0.903 bits per heavy atom. The number of piperazine rings is 1. The lowest BCUT2D eigenvalue weighted by Crippen LogP contribution is -2.51. The zero-order chi connectivity index (χ0) is 22.0. The van der Waals surface area contributed by atoms with Gasteiger partial charge in [0, 0.05) is 44.4 Å². The zero-order valence-corrected chi connectivity index (χ0v) is 17.0. The van der Waals surface area contributed by atoms with Gasteiger partial charge in [-0.2, -0.15) is 9.46 Å². The zero-order valence-electron chi connectivity index (χ0n) is 17.0. The second kappa shape index (κ2) is 8.50. The number of hydrogen-bond donors (Lipinski definition) is 0. The number of amides is 2. The minimum absolute atomic E-state index is 0.0659. The van der Waals surface area contributed by atoms with Crippen LogP contribution in [0.25, 0.3) is 22.1 Å². The third kappa shape index (κ3) is 3.83. The highest BCUT2D eigenvalue weighted by molar-refractivity contribution is 5.82. The van der Waals surface area contributed by atoms with Crippen molar-refractivity contribution in [1.82, 2.24) is 9.80 Å². The Hall–Kier alpha value is -3.82. The molecule has 0 spiro atoms. The van der Waals surface area contributed by atoms with Crippen LogP contribution in [0.3, 0.4) is 0 Å². The highest BCUT2D eigenvalue weighted by atomic mass is 16.6. The summed E-state index contributed by atoms with van der Waals surface area (Å²) in [6.45, 7) is 3.24. The maximum absolute atomic E-state index is 12.9. The number of para-hydroxylation sites is 3. The van der Waals surface area contributed by atoms with Crippen molar-refractivity contribution in [3.8, 4) is 5.75 Å². The average molecular weight is 426 g/mol. The van der Waals surface area contributed by atoms with Gasteiger partial charge in [-0.15, -0.1) is 0 Å². The number of rotatable bonds is 4. The standard InChI is InChI=1S/C21H22N4O6/c1-2-30-21(27)23-12-10-22(11-13-23)19(26)14-31-18-9-5-8-17-20(18)25(29)16-7-4-3-6-15(16)24(17)28/h3-9H,2,10-14H2,1H3. The molecule has 0 atom stereocenters. The van der Waals surface area contributed by atoms with Crippen LogP contribution in [0.2, 0.25) is 0 Å². The van der Waals surface area contributed by atoms with E-state index in [9.17, 15) is 20.0 Å². The molecule has 162 valence electrons. The van der Waals surface area contributed by atoms with Gasteiger partial charge >= 0.3 is 11.6 Å². The van der Waals surface area contributed by atoms with Gasteiger partial charge < -0.3 is 29.7 Å². The van der Waals surface area contributed by atoms with Crippen molar-refractivity contribution in [3.63, 3.8) is 0 Å². The van der Waals surface area contributed by atoms with Crippen molar-refractivity contribution in [2.45, 2.75) is 6.92 Å². The van der Waals surface area contributed by atoms with Crippen LogP contribution in [-0.2, 0) is 9.53 Å². The highest BCUT2D eigenvalue weighted by Crippen LogP contribution is 2.22. The van der Waals surface area contributed by atoms with Crippen molar-refractivity contribution < 1.29 is 28.5 Å². The summed E-state index contributed by atoms with van der Waals surface area (Å²) in [6.07, 6.45) is -0.389. The van der Waals surface area contributed by atoms with Gasteiger partial charge in [0.15, 0.2) is 12.4 Å². The number of carbonyl (C=O) groups excluding carboxylic acids is 2. The fourth-order valence-corrected chi connectivity index (χ4v) is 3.64. The summed E-state index contributed by atoms with van der Waals surface area (Å²) in [5.41, 5.74) is 0.679. The molecule has 2 aromatic carbocycles. The summed E-state index contributed by atoms with van der Waals surface area (Å²) < 4.78 is 12.0. The molecule has 0 N–H and O–H groups in total. The van der Waals surface area contributed by atoms with Gasteiger partial charge in [0.2, 0.25) is 0 Å². The number of nitrogens with zero attached hydrogens (tertiary/aromatic N) is 4. The van der Waals surface area contributed by atoms with E-state index in [0.717, 1.165) is 0 Å². The maximum Gasteiger partial charge on any atom is 0.409 e. The Bertz CT molecular complexity index is 1140. The number of ether oxygens (including phenoxy) is 2. The normalized spacial score (nSPS) is 14.1. The Balaban J connectivity index is 1.50. The van der Waals surface area contributed by atoms with Gasteiger partial charge in [0.25, 0.3) is 22.5 Å². The predicted octanol–water partition coefficient (Wildman–Crippen LogP) is 0.939. The van der Waals surface area contributed by atoms with Crippen molar-refractivity contribution in [1.29, 1.82) is 0 Å². The predicted molar refractivity (Wildman–Crippen MR) is 110 cm³/mol. The van der Waals surface area contributed by atoms with E-state index in [1.807, 2.05) is 0 Å². The average Bonchev–Trinajstić information content (AvgIpc) is 2.81. The van der Waals surface area contributed by atoms with Gasteiger partial charge in [0.1, 0.15) is 0 Å². The van der Waals surface area contributed by atoms with E-state index in [-0.39, 0.29) is 46.4 Å². The van der Waals surface area contributed by atoms with E-state index in [4.69, 9.17) is 9.47 Å². The molecule has 10 heteroatoms. The third-order valence-electron chi connectivity index (χ3n) is 5.23. The lowest BCUT2D eigenvalue weighted by atomic mass is 10.2. The molecule has 31 heavy (non-hydrogen) atoms. The molecule has 1 aromatic heterocycles. The van der Waals surface area contributed by atoms with E-state index in [1.54, 1.807) is 53.1 Å². The molecule has 1 aliphatic heterocycles. The van der Waals surface area contributed by atoms with Crippen LogP contribution >= 0.6 is 0 Å². The van der Waals surface area contributed by atoms with Crippen molar-refractivity contribution in [3.05, 3.63) is 52.9 Å². The lowest BCUT2D eigenvalue weighted by molar-refractivity contribution is -0.591. The molecule has 0 radical (unpaired) electrons. The van der Waals surface area contributed by atoms with E-state index in [0.29, 0.717) is 42.2 Å². The van der Waals surface area contributed by atoms with Crippen LogP contribution in [0.1, 0.15) is 6.92 Å². The first-order chi connectivity index (χ1) is 15.0. The van der Waals surface area contributed by atoms with Crippen LogP contribution in [0.5, 0.6) is 5.75 Å². The molecule has 1 fully saturated rings. The summed E-state index contributed by atoms with van der Waals surface area (Å²) in [5.74, 6) is -0.116. The first-order valence-corrected chi connectivity index (χ1v) is 10.00. The molecule has 10 nitrogen and oxygen atoms in total. The number of fused-ring (bicyclic) bond motifs is 2. The maximum atomic E-state index is 12.9. The molecule has 0 unspecified atom stereocenters. The molecule has 0 aliphatic carbocycles. The smallest absolute Gasteiger partial charge is 0.409 e. The van der Waals surface area contributed by atoms with Crippen molar-refractivity contribution >= 4 is 34.1 Å². The molecular formula is C21H22N4O6. The quantitative estimate of drug-likeness (QED) is 0.349. The van der Waals surface area contributed by atoms with Gasteiger partial charge in [-0.1, -0.05) is 18.2 Å². The topological polar surface area (TPSA) is 113 Å². The Labute approximate surface area is 177 Å². The van der Waals surface area contributed by atoms with E-state index < -0.39 is 0 Å². The number of aromatic nitrogens is 2. The fraction of sp³-hybridized carbons (Fsp3) is 0.333. The highest BCUT2D eigenvalue weighted by Gasteiger charge is 2.27. The summed E-state index contributed by atoms with van der Waals surface area (Å²) in [7, 11) is 0. The number of carbonyl (C=O) groups is 2. The third-order valence-corrected chi connectivity index (χ3v) is 5.23. The van der Waals surface area contributed by atoms with E-state index >= 15 is 0 Å². The van der Waals surface area contributed by atoms with Gasteiger partial charge in [-0.25, -0.2) is 4.79 Å². The number of benzene rings is 2. The Kier molecular flexibility index (Phi) is 5.61. The number of hydrogen-bond acceptors (Lipinski definition) is 6. The second-order valence-corrected chi connectivity index (χ2v) is 7.06. The molecule has 2 amide bonds. The first kappa shape index (κ1) is 20.5. The molecule has 1 aliphatic rings. The first-order valence-electron chi connectivity index (χ1n) is 10.00. The minimum atomic E-state index is -0.389. The van der Waals surface area contributed by atoms with Crippen LogP contribution < -0.4 is 14.2 Å². The van der Waals surface area contributed by atoms with Crippen LogP contribution in [0.15, 0.2) is 42.5 Å². The molecular weight excluding hydrogens is 404 g/mol. The monoisotopic (exact) mass is 426 g/mol. The second-order valence-electron chi connectivity index (χ2n) is 7.06. The Morgan fingerprint density at radius 3 is 2.19 bits per heavy atom. The SMILES string of the molecule is CCOC(=O)N1CCN(C(=O)COc2cccc3c2[n+]([O-])c2ccccc2[n+]3[O-])CC1. The Morgan fingerprint density at radius 2 is 1.52 bits per heavy atom. The molecule has 4 rings (SSSR count). The van der Waals surface area contributed by atoms with E-state index in [1.165, 1.54) is 6.07 Å². The summed E-state index contributed by atoms with van der Waals surface area (Å²) in [5, 5.41) is 25.6. The van der Waals surface area contributed by atoms with Crippen molar-refractivity contribution in [2.24, 2.45) is 0 Å². The fourth-order valence-electron chi connectivity index (χ4n) is 3.64. The van der Waals surface area contributed by atoms with Gasteiger partial charge in [0.05, 0.1) is 6.61 Å². The molecule has 2 heterocycles. The summed E-state index contributed by atoms with van der Waals surface area (Å²) in [4.78, 5) is 27.5. The molecule has 3 aromatic rings. The molecule has 0 bridgehead atoms. The molecule has 1 saturated heterocycles. The van der Waals surface area contributed by atoms with Gasteiger partial charge in [-0.05, 0) is 13.0 Å². The van der Waals surface area contributed by atoms with Crippen molar-refractivity contribution in [2.75, 3.05) is 39.4 Å².